The molecule has 0 saturated heterocycles. The van der Waals surface area contributed by atoms with E-state index in [9.17, 15) is 4.79 Å². The fourth-order valence-electron chi connectivity index (χ4n) is 0.995. The van der Waals surface area contributed by atoms with Crippen molar-refractivity contribution in [2.24, 2.45) is 16.0 Å². The Morgan fingerprint density at radius 3 is 2.93 bits per heavy atom. The zero-order valence-corrected chi connectivity index (χ0v) is 7.86. The third kappa shape index (κ3) is 1.74. The van der Waals surface area contributed by atoms with Crippen LogP contribution in [-0.2, 0) is 0 Å². The normalized spacial score (nSPS) is 11.1. The van der Waals surface area contributed by atoms with Crippen LogP contribution in [0.4, 0.5) is 9.93 Å². The molecule has 70 valence electrons. The van der Waals surface area contributed by atoms with Crippen LogP contribution in [0.15, 0.2) is 34.5 Å². The Balaban J connectivity index is 2.40. The van der Waals surface area contributed by atoms with E-state index in [0.717, 1.165) is 10.2 Å². The SMILES string of the molecule is NC(=O)/N=N/c1nc2ccccc2s1. The molecule has 1 aromatic heterocycles. The van der Waals surface area contributed by atoms with Crippen LogP contribution in [0.2, 0.25) is 0 Å². The van der Waals surface area contributed by atoms with E-state index >= 15 is 0 Å². The number of primary amides is 1. The molecule has 2 aromatic rings. The molecule has 6 heteroatoms. The summed E-state index contributed by atoms with van der Waals surface area (Å²) in [6.07, 6.45) is 0. The minimum absolute atomic E-state index is 0.435. The van der Waals surface area contributed by atoms with Crippen LogP contribution in [0, 0.1) is 0 Å². The summed E-state index contributed by atoms with van der Waals surface area (Å²) >= 11 is 1.36. The number of carbonyl (C=O) groups excluding carboxylic acids is 1. The van der Waals surface area contributed by atoms with Crippen molar-refractivity contribution >= 4 is 32.7 Å². The summed E-state index contributed by atoms with van der Waals surface area (Å²) in [5.41, 5.74) is 5.66. The van der Waals surface area contributed by atoms with E-state index in [0.29, 0.717) is 5.13 Å². The Bertz CT molecular complexity index is 472. The van der Waals surface area contributed by atoms with Crippen molar-refractivity contribution in [1.29, 1.82) is 0 Å². The van der Waals surface area contributed by atoms with Crippen molar-refractivity contribution in [3.05, 3.63) is 24.3 Å². The van der Waals surface area contributed by atoms with Gasteiger partial charge in [0.1, 0.15) is 0 Å². The molecule has 0 fully saturated rings. The first kappa shape index (κ1) is 8.76. The van der Waals surface area contributed by atoms with Gasteiger partial charge in [0.05, 0.1) is 10.2 Å². The zero-order chi connectivity index (χ0) is 9.97. The number of azo groups is 1. The molecule has 0 saturated carbocycles. The number of aromatic nitrogens is 1. The van der Waals surface area contributed by atoms with Crippen molar-refractivity contribution in [3.8, 4) is 0 Å². The lowest BCUT2D eigenvalue weighted by Crippen LogP contribution is -2.01. The van der Waals surface area contributed by atoms with Crippen molar-refractivity contribution in [2.75, 3.05) is 0 Å². The minimum Gasteiger partial charge on any atom is -0.348 e. The number of nitrogens with zero attached hydrogens (tertiary/aromatic N) is 3. The zero-order valence-electron chi connectivity index (χ0n) is 7.04. The van der Waals surface area contributed by atoms with Gasteiger partial charge < -0.3 is 5.73 Å². The highest BCUT2D eigenvalue weighted by atomic mass is 32.1. The molecule has 0 radical (unpaired) electrons. The van der Waals surface area contributed by atoms with Gasteiger partial charge >= 0.3 is 6.03 Å². The fourth-order valence-corrected chi connectivity index (χ4v) is 1.78. The third-order valence-corrected chi connectivity index (χ3v) is 2.44. The number of amides is 2. The van der Waals surface area contributed by atoms with Gasteiger partial charge in [0.15, 0.2) is 0 Å². The summed E-state index contributed by atoms with van der Waals surface area (Å²) in [5, 5.41) is 7.24. The van der Waals surface area contributed by atoms with Gasteiger partial charge in [-0.2, -0.15) is 0 Å². The van der Waals surface area contributed by atoms with Crippen LogP contribution in [0.25, 0.3) is 10.2 Å². The standard InChI is InChI=1S/C8H6N4OS/c9-7(13)11-12-8-10-5-3-1-2-4-6(5)14-8/h1-4H,(H2,9,13)/b12-11+. The number of rotatable bonds is 1. The van der Waals surface area contributed by atoms with Crippen LogP contribution >= 0.6 is 11.3 Å². The molecule has 2 amide bonds. The van der Waals surface area contributed by atoms with Gasteiger partial charge in [-0.1, -0.05) is 28.6 Å². The van der Waals surface area contributed by atoms with Crippen molar-refractivity contribution in [3.63, 3.8) is 0 Å². The van der Waals surface area contributed by atoms with Crippen molar-refractivity contribution < 1.29 is 4.79 Å². The van der Waals surface area contributed by atoms with Crippen molar-refractivity contribution in [1.82, 2.24) is 4.98 Å². The van der Waals surface area contributed by atoms with Crippen LogP contribution in [0.1, 0.15) is 0 Å². The summed E-state index contributed by atoms with van der Waals surface area (Å²) in [6, 6.07) is 6.78. The second-order valence-electron chi connectivity index (χ2n) is 2.50. The predicted molar refractivity (Wildman–Crippen MR) is 53.7 cm³/mol. The number of hydrogen-bond donors (Lipinski definition) is 1. The van der Waals surface area contributed by atoms with Gasteiger partial charge in [-0.15, -0.1) is 5.11 Å². The number of urea groups is 1. The summed E-state index contributed by atoms with van der Waals surface area (Å²) in [5.74, 6) is 0. The van der Waals surface area contributed by atoms with E-state index in [1.807, 2.05) is 24.3 Å². The Morgan fingerprint density at radius 1 is 1.43 bits per heavy atom. The van der Waals surface area contributed by atoms with Gasteiger partial charge in [-0.25, -0.2) is 9.78 Å². The maximum absolute atomic E-state index is 10.3. The molecule has 0 unspecified atom stereocenters. The molecule has 5 nitrogen and oxygen atoms in total. The molecule has 0 bridgehead atoms. The fraction of sp³-hybridized carbons (Fsp3) is 0. The highest BCUT2D eigenvalue weighted by Gasteiger charge is 2.01. The first-order chi connectivity index (χ1) is 6.75. The van der Waals surface area contributed by atoms with E-state index in [1.54, 1.807) is 0 Å². The molecule has 0 spiro atoms. The molecule has 0 aliphatic carbocycles. The molecule has 0 aliphatic rings. The van der Waals surface area contributed by atoms with Crippen LogP contribution in [-0.4, -0.2) is 11.0 Å². The van der Waals surface area contributed by atoms with Crippen LogP contribution < -0.4 is 5.73 Å². The molecule has 0 aliphatic heterocycles. The van der Waals surface area contributed by atoms with E-state index in [-0.39, 0.29) is 0 Å². The number of carbonyl (C=O) groups is 1. The summed E-state index contributed by atoms with van der Waals surface area (Å²) in [7, 11) is 0. The maximum atomic E-state index is 10.3. The number of fused-ring (bicyclic) bond motifs is 1. The molecule has 2 N–H and O–H groups in total. The summed E-state index contributed by atoms with van der Waals surface area (Å²) < 4.78 is 1.01. The first-order valence-electron chi connectivity index (χ1n) is 3.82. The number of hydrogen-bond acceptors (Lipinski definition) is 4. The lowest BCUT2D eigenvalue weighted by atomic mass is 10.3. The number of nitrogens with two attached hydrogens (primary N) is 1. The topological polar surface area (TPSA) is 80.7 Å². The first-order valence-corrected chi connectivity index (χ1v) is 4.64. The highest BCUT2D eigenvalue weighted by Crippen LogP contribution is 2.27. The molecular formula is C8H6N4OS. The molecule has 2 rings (SSSR count). The van der Waals surface area contributed by atoms with E-state index in [4.69, 9.17) is 5.73 Å². The smallest absolute Gasteiger partial charge is 0.348 e. The summed E-state index contributed by atoms with van der Waals surface area (Å²) in [4.78, 5) is 14.5. The largest absolute Gasteiger partial charge is 0.357 e. The lowest BCUT2D eigenvalue weighted by molar-refractivity contribution is 0.255. The van der Waals surface area contributed by atoms with Gasteiger partial charge in [0.2, 0.25) is 5.13 Å². The number of para-hydroxylation sites is 1. The van der Waals surface area contributed by atoms with Gasteiger partial charge in [-0.3, -0.25) is 0 Å². The Morgan fingerprint density at radius 2 is 2.21 bits per heavy atom. The average Bonchev–Trinajstić information content (AvgIpc) is 2.57. The predicted octanol–water partition coefficient (Wildman–Crippen LogP) is 2.46. The number of benzene rings is 1. The molecule has 0 atom stereocenters. The average molecular weight is 206 g/mol. The molecule has 1 aromatic carbocycles. The second-order valence-corrected chi connectivity index (χ2v) is 3.51. The van der Waals surface area contributed by atoms with Crippen LogP contribution in [0.3, 0.4) is 0 Å². The van der Waals surface area contributed by atoms with Crippen molar-refractivity contribution in [2.45, 2.75) is 0 Å². The molecular weight excluding hydrogens is 200 g/mol. The second kappa shape index (κ2) is 3.51. The highest BCUT2D eigenvalue weighted by molar-refractivity contribution is 7.21. The number of thiazole rings is 1. The quantitative estimate of drug-likeness (QED) is 0.727. The Kier molecular flexibility index (Phi) is 2.19. The van der Waals surface area contributed by atoms with E-state index < -0.39 is 6.03 Å². The van der Waals surface area contributed by atoms with Gasteiger partial charge in [0.25, 0.3) is 0 Å². The summed E-state index contributed by atoms with van der Waals surface area (Å²) in [6.45, 7) is 0. The van der Waals surface area contributed by atoms with Gasteiger partial charge in [-0.05, 0) is 12.1 Å². The van der Waals surface area contributed by atoms with Gasteiger partial charge in [0, 0.05) is 0 Å². The molecule has 1 heterocycles. The minimum atomic E-state index is -0.816. The Labute approximate surface area is 83.3 Å². The Hall–Kier alpha value is -1.82. The maximum Gasteiger partial charge on any atom is 0.357 e. The van der Waals surface area contributed by atoms with E-state index in [1.165, 1.54) is 11.3 Å². The van der Waals surface area contributed by atoms with E-state index in [2.05, 4.69) is 15.2 Å². The monoisotopic (exact) mass is 206 g/mol. The lowest BCUT2D eigenvalue weighted by Gasteiger charge is -1.80. The molecule has 14 heavy (non-hydrogen) atoms. The van der Waals surface area contributed by atoms with Crippen LogP contribution in [0.5, 0.6) is 0 Å². The third-order valence-electron chi connectivity index (χ3n) is 1.52.